The molecule has 0 atom stereocenters. The molecule has 3 heterocycles. The first-order chi connectivity index (χ1) is 13.7. The zero-order chi connectivity index (χ0) is 19.1. The molecule has 0 unspecified atom stereocenters. The number of aromatic amines is 2. The fraction of sp³-hybridized carbons (Fsp3) is 0.300. The van der Waals surface area contributed by atoms with Crippen LogP contribution in [0.4, 0.5) is 0 Å². The number of carbonyl (C=O) groups excluding carboxylic acids is 1. The summed E-state index contributed by atoms with van der Waals surface area (Å²) in [7, 11) is 1.78. The highest BCUT2D eigenvalue weighted by molar-refractivity contribution is 5.92. The number of benzene rings is 1. The van der Waals surface area contributed by atoms with E-state index in [4.69, 9.17) is 0 Å². The van der Waals surface area contributed by atoms with E-state index in [1.54, 1.807) is 24.3 Å². The Kier molecular flexibility index (Phi) is 3.96. The number of imidazole rings is 1. The summed E-state index contributed by atoms with van der Waals surface area (Å²) in [5.74, 6) is 0.472. The Morgan fingerprint density at radius 3 is 2.86 bits per heavy atom. The molecule has 1 aliphatic carbocycles. The molecule has 4 aromatic rings. The Bertz CT molecular complexity index is 1130. The second kappa shape index (κ2) is 6.63. The van der Waals surface area contributed by atoms with Crippen LogP contribution in [0.2, 0.25) is 0 Å². The summed E-state index contributed by atoms with van der Waals surface area (Å²) >= 11 is 0. The smallest absolute Gasteiger partial charge is 0.274 e. The van der Waals surface area contributed by atoms with Crippen LogP contribution in [0.25, 0.3) is 11.0 Å². The molecular formula is C20H21N7O. The van der Waals surface area contributed by atoms with E-state index >= 15 is 0 Å². The predicted molar refractivity (Wildman–Crippen MR) is 104 cm³/mol. The normalized spacial score (nSPS) is 13.9. The number of fused-ring (bicyclic) bond motifs is 1. The number of H-pyrrole nitrogens is 2. The summed E-state index contributed by atoms with van der Waals surface area (Å²) in [6, 6.07) is 11.8. The molecule has 5 rings (SSSR count). The molecule has 1 fully saturated rings. The molecule has 8 nitrogen and oxygen atoms in total. The van der Waals surface area contributed by atoms with Gasteiger partial charge in [-0.25, -0.2) is 4.98 Å². The summed E-state index contributed by atoms with van der Waals surface area (Å²) in [5, 5.41) is 14.6. The second-order valence-electron chi connectivity index (χ2n) is 7.39. The van der Waals surface area contributed by atoms with Gasteiger partial charge in [-0.1, -0.05) is 12.1 Å². The van der Waals surface area contributed by atoms with Gasteiger partial charge in [-0.2, -0.15) is 10.2 Å². The van der Waals surface area contributed by atoms with Gasteiger partial charge in [0, 0.05) is 13.0 Å². The van der Waals surface area contributed by atoms with Crippen molar-refractivity contribution in [3.63, 3.8) is 0 Å². The number of nitrogens with zero attached hydrogens (tertiary/aromatic N) is 5. The van der Waals surface area contributed by atoms with Crippen LogP contribution in [-0.4, -0.2) is 47.8 Å². The molecule has 8 heteroatoms. The van der Waals surface area contributed by atoms with E-state index in [1.807, 2.05) is 28.8 Å². The molecular weight excluding hydrogens is 354 g/mol. The maximum Gasteiger partial charge on any atom is 0.274 e. The highest BCUT2D eigenvalue weighted by atomic mass is 16.2. The van der Waals surface area contributed by atoms with Gasteiger partial charge in [-0.3, -0.25) is 15.0 Å². The Morgan fingerprint density at radius 2 is 2.00 bits per heavy atom. The minimum atomic E-state index is -0.124. The zero-order valence-corrected chi connectivity index (χ0v) is 15.6. The molecule has 0 bridgehead atoms. The van der Waals surface area contributed by atoms with Gasteiger partial charge in [0.1, 0.15) is 5.69 Å². The molecule has 0 radical (unpaired) electrons. The Labute approximate surface area is 161 Å². The average molecular weight is 375 g/mol. The number of carbonyl (C=O) groups is 1. The molecule has 1 aliphatic rings. The molecule has 28 heavy (non-hydrogen) atoms. The van der Waals surface area contributed by atoms with Crippen molar-refractivity contribution in [1.29, 1.82) is 0 Å². The van der Waals surface area contributed by atoms with Crippen LogP contribution in [-0.2, 0) is 13.1 Å². The van der Waals surface area contributed by atoms with Gasteiger partial charge < -0.3 is 9.47 Å². The first-order valence-corrected chi connectivity index (χ1v) is 9.41. The topological polar surface area (TPSA) is 95.5 Å². The zero-order valence-electron chi connectivity index (χ0n) is 15.6. The fourth-order valence-corrected chi connectivity index (χ4v) is 3.44. The van der Waals surface area contributed by atoms with Crippen LogP contribution in [0.1, 0.15) is 46.3 Å². The minimum absolute atomic E-state index is 0.124. The molecule has 1 saturated carbocycles. The molecule has 3 aromatic heterocycles. The number of amides is 1. The number of para-hydroxylation sites is 2. The van der Waals surface area contributed by atoms with E-state index in [0.717, 1.165) is 28.1 Å². The van der Waals surface area contributed by atoms with Gasteiger partial charge >= 0.3 is 0 Å². The van der Waals surface area contributed by atoms with Crippen molar-refractivity contribution in [2.45, 2.75) is 31.8 Å². The van der Waals surface area contributed by atoms with Gasteiger partial charge in [0.15, 0.2) is 0 Å². The van der Waals surface area contributed by atoms with Crippen molar-refractivity contribution >= 4 is 16.9 Å². The predicted octanol–water partition coefficient (Wildman–Crippen LogP) is 2.68. The van der Waals surface area contributed by atoms with E-state index in [0.29, 0.717) is 24.7 Å². The van der Waals surface area contributed by atoms with Crippen LogP contribution < -0.4 is 0 Å². The maximum atomic E-state index is 12.7. The lowest BCUT2D eigenvalue weighted by Crippen LogP contribution is -2.26. The van der Waals surface area contributed by atoms with Crippen LogP contribution in [0.3, 0.4) is 0 Å². The third kappa shape index (κ3) is 3.17. The third-order valence-corrected chi connectivity index (χ3v) is 5.12. The number of aromatic nitrogens is 6. The minimum Gasteiger partial charge on any atom is -0.334 e. The molecule has 2 N–H and O–H groups in total. The van der Waals surface area contributed by atoms with Crippen molar-refractivity contribution in [2.24, 2.45) is 0 Å². The number of hydrogen-bond acceptors (Lipinski definition) is 4. The molecule has 142 valence electrons. The van der Waals surface area contributed by atoms with Crippen LogP contribution >= 0.6 is 0 Å². The summed E-state index contributed by atoms with van der Waals surface area (Å²) in [5.41, 5.74) is 5.31. The summed E-state index contributed by atoms with van der Waals surface area (Å²) < 4.78 is 2.03. The van der Waals surface area contributed by atoms with E-state index < -0.39 is 0 Å². The Balaban J connectivity index is 1.27. The van der Waals surface area contributed by atoms with Gasteiger partial charge in [-0.15, -0.1) is 0 Å². The van der Waals surface area contributed by atoms with E-state index in [1.165, 1.54) is 12.8 Å². The fourth-order valence-electron chi connectivity index (χ4n) is 3.44. The lowest BCUT2D eigenvalue weighted by atomic mass is 10.2. The lowest BCUT2D eigenvalue weighted by Gasteiger charge is -2.14. The lowest BCUT2D eigenvalue weighted by molar-refractivity contribution is 0.0777. The molecule has 1 amide bonds. The maximum absolute atomic E-state index is 12.7. The van der Waals surface area contributed by atoms with E-state index in [2.05, 4.69) is 31.4 Å². The highest BCUT2D eigenvalue weighted by Crippen LogP contribution is 2.39. The number of rotatable bonds is 6. The first-order valence-electron chi connectivity index (χ1n) is 9.41. The second-order valence-corrected chi connectivity index (χ2v) is 7.39. The van der Waals surface area contributed by atoms with Crippen LogP contribution in [0.5, 0.6) is 0 Å². The molecule has 0 spiro atoms. The van der Waals surface area contributed by atoms with Crippen LogP contribution in [0.15, 0.2) is 42.7 Å². The van der Waals surface area contributed by atoms with E-state index in [9.17, 15) is 4.79 Å². The van der Waals surface area contributed by atoms with Crippen molar-refractivity contribution < 1.29 is 4.79 Å². The van der Waals surface area contributed by atoms with Crippen molar-refractivity contribution in [2.75, 3.05) is 7.05 Å². The highest BCUT2D eigenvalue weighted by Gasteiger charge is 2.26. The summed E-state index contributed by atoms with van der Waals surface area (Å²) in [6.45, 7) is 1.06. The Morgan fingerprint density at radius 1 is 1.18 bits per heavy atom. The van der Waals surface area contributed by atoms with Crippen molar-refractivity contribution in [3.8, 4) is 0 Å². The van der Waals surface area contributed by atoms with Crippen molar-refractivity contribution in [1.82, 2.24) is 34.8 Å². The quantitative estimate of drug-likeness (QED) is 0.542. The van der Waals surface area contributed by atoms with Gasteiger partial charge in [0.05, 0.1) is 47.5 Å². The van der Waals surface area contributed by atoms with Crippen LogP contribution in [0, 0.1) is 0 Å². The van der Waals surface area contributed by atoms with Gasteiger partial charge in [0.25, 0.3) is 5.91 Å². The average Bonchev–Trinajstić information content (AvgIpc) is 3.11. The third-order valence-electron chi connectivity index (χ3n) is 5.12. The summed E-state index contributed by atoms with van der Waals surface area (Å²) in [6.07, 6.45) is 4.22. The monoisotopic (exact) mass is 375 g/mol. The standard InChI is InChI=1S/C20H21N7O/c1-26(10-14-8-17(24-22-14)13-6-7-13)20(28)18-9-15(23-25-18)11-27-12-21-16-4-2-3-5-19(16)27/h2-5,8-9,12-13H,6-7,10-11H2,1H3,(H,22,24)(H,23,25). The largest absolute Gasteiger partial charge is 0.334 e. The SMILES string of the molecule is CN(Cc1cc(C2CC2)n[nH]1)C(=O)c1cc(Cn2cnc3ccccc32)[nH]n1. The summed E-state index contributed by atoms with van der Waals surface area (Å²) in [4.78, 5) is 18.8. The molecule has 1 aromatic carbocycles. The Hall–Kier alpha value is -3.42. The number of nitrogens with one attached hydrogen (secondary N) is 2. The van der Waals surface area contributed by atoms with Gasteiger partial charge in [-0.05, 0) is 37.1 Å². The molecule has 0 aliphatic heterocycles. The van der Waals surface area contributed by atoms with Crippen molar-refractivity contribution in [3.05, 3.63) is 65.5 Å². The number of hydrogen-bond donors (Lipinski definition) is 2. The van der Waals surface area contributed by atoms with Gasteiger partial charge in [0.2, 0.25) is 0 Å². The van der Waals surface area contributed by atoms with E-state index in [-0.39, 0.29) is 5.91 Å². The molecule has 0 saturated heterocycles. The first kappa shape index (κ1) is 16.7.